The number of anilines is 1. The van der Waals surface area contributed by atoms with Crippen LogP contribution in [0.1, 0.15) is 15.9 Å². The summed E-state index contributed by atoms with van der Waals surface area (Å²) in [7, 11) is 0. The highest BCUT2D eigenvalue weighted by Gasteiger charge is 2.09. The van der Waals surface area contributed by atoms with E-state index in [1.54, 1.807) is 12.1 Å². The van der Waals surface area contributed by atoms with Gasteiger partial charge in [0.05, 0.1) is 6.42 Å². The maximum atomic E-state index is 12.4. The van der Waals surface area contributed by atoms with Gasteiger partial charge >= 0.3 is 0 Å². The first-order valence-electron chi connectivity index (χ1n) is 8.73. The summed E-state index contributed by atoms with van der Waals surface area (Å²) in [6, 6.07) is 23.0. The predicted octanol–water partition coefficient (Wildman–Crippen LogP) is 4.83. The van der Waals surface area contributed by atoms with Crippen molar-refractivity contribution < 1.29 is 9.59 Å². The molecule has 0 aliphatic carbocycles. The number of rotatable bonds is 5. The molecule has 0 atom stereocenters. The van der Waals surface area contributed by atoms with Gasteiger partial charge in [-0.3, -0.25) is 9.59 Å². The molecule has 0 radical (unpaired) electrons. The normalized spacial score (nSPS) is 10.7. The molecule has 0 unspecified atom stereocenters. The molecule has 4 heteroatoms. The average molecular weight is 354 g/mol. The molecule has 132 valence electrons. The molecule has 0 spiro atoms. The number of carbonyl (C=O) groups is 2. The first-order valence-corrected chi connectivity index (χ1v) is 8.73. The van der Waals surface area contributed by atoms with Crippen LogP contribution < -0.4 is 5.32 Å². The van der Waals surface area contributed by atoms with Crippen LogP contribution in [0.15, 0.2) is 79.0 Å². The Hall–Kier alpha value is -3.66. The Bertz CT molecular complexity index is 1090. The van der Waals surface area contributed by atoms with E-state index in [4.69, 9.17) is 0 Å². The number of aromatic nitrogens is 1. The third kappa shape index (κ3) is 3.65. The largest absolute Gasteiger partial charge is 0.361 e. The monoisotopic (exact) mass is 354 g/mol. The van der Waals surface area contributed by atoms with E-state index < -0.39 is 0 Å². The minimum absolute atomic E-state index is 0.0529. The second-order valence-corrected chi connectivity index (χ2v) is 6.40. The van der Waals surface area contributed by atoms with Gasteiger partial charge in [0.15, 0.2) is 0 Å². The van der Waals surface area contributed by atoms with Gasteiger partial charge in [0, 0.05) is 28.4 Å². The highest BCUT2D eigenvalue weighted by atomic mass is 16.1. The van der Waals surface area contributed by atoms with Gasteiger partial charge in [-0.25, -0.2) is 0 Å². The summed E-state index contributed by atoms with van der Waals surface area (Å²) in [6.07, 6.45) is 3.03. The van der Waals surface area contributed by atoms with Crippen LogP contribution >= 0.6 is 0 Å². The lowest BCUT2D eigenvalue weighted by molar-refractivity contribution is -0.115. The fourth-order valence-corrected chi connectivity index (χ4v) is 3.16. The summed E-state index contributed by atoms with van der Waals surface area (Å²) in [4.78, 5) is 26.3. The van der Waals surface area contributed by atoms with Crippen LogP contribution in [0.25, 0.3) is 22.0 Å². The first-order chi connectivity index (χ1) is 13.2. The molecule has 4 nitrogen and oxygen atoms in total. The van der Waals surface area contributed by atoms with E-state index in [-0.39, 0.29) is 5.91 Å². The Kier molecular flexibility index (Phi) is 4.54. The van der Waals surface area contributed by atoms with Crippen molar-refractivity contribution in [3.05, 3.63) is 90.1 Å². The summed E-state index contributed by atoms with van der Waals surface area (Å²) < 4.78 is 0. The predicted molar refractivity (Wildman–Crippen MR) is 108 cm³/mol. The second-order valence-electron chi connectivity index (χ2n) is 6.40. The van der Waals surface area contributed by atoms with Crippen LogP contribution in [0.3, 0.4) is 0 Å². The van der Waals surface area contributed by atoms with E-state index in [9.17, 15) is 9.59 Å². The lowest BCUT2D eigenvalue weighted by Crippen LogP contribution is -2.14. The quantitative estimate of drug-likeness (QED) is 0.504. The number of aromatic amines is 1. The van der Waals surface area contributed by atoms with Crippen molar-refractivity contribution in [3.63, 3.8) is 0 Å². The molecule has 0 bridgehead atoms. The highest BCUT2D eigenvalue weighted by molar-refractivity contribution is 5.96. The molecule has 0 fully saturated rings. The van der Waals surface area contributed by atoms with Crippen molar-refractivity contribution >= 4 is 28.8 Å². The van der Waals surface area contributed by atoms with E-state index in [1.165, 1.54) is 0 Å². The Morgan fingerprint density at radius 3 is 2.26 bits per heavy atom. The summed E-state index contributed by atoms with van der Waals surface area (Å²) >= 11 is 0. The van der Waals surface area contributed by atoms with Crippen molar-refractivity contribution in [2.45, 2.75) is 6.42 Å². The van der Waals surface area contributed by atoms with Gasteiger partial charge in [-0.2, -0.15) is 0 Å². The minimum atomic E-state index is -0.0529. The lowest BCUT2D eigenvalue weighted by atomic mass is 10.0. The standard InChI is InChI=1S/C23H18N2O2/c26-15-16-5-7-17(8-6-16)18-9-11-20(12-10-18)25-23(27)13-19-14-24-22-4-2-1-3-21(19)22/h1-12,14-15,24H,13H2,(H,25,27). The number of hydrogen-bond acceptors (Lipinski definition) is 2. The van der Waals surface area contributed by atoms with E-state index in [0.717, 1.165) is 39.6 Å². The maximum Gasteiger partial charge on any atom is 0.228 e. The van der Waals surface area contributed by atoms with Crippen LogP contribution in [-0.2, 0) is 11.2 Å². The number of fused-ring (bicyclic) bond motifs is 1. The Morgan fingerprint density at radius 2 is 1.56 bits per heavy atom. The molecule has 4 aromatic rings. The molecular formula is C23H18N2O2. The topological polar surface area (TPSA) is 62.0 Å². The molecule has 3 aromatic carbocycles. The van der Waals surface area contributed by atoms with Gasteiger partial charge in [0.2, 0.25) is 5.91 Å². The van der Waals surface area contributed by atoms with Crippen molar-refractivity contribution in [1.29, 1.82) is 0 Å². The molecule has 0 saturated carbocycles. The van der Waals surface area contributed by atoms with Crippen LogP contribution in [0, 0.1) is 0 Å². The third-order valence-electron chi connectivity index (χ3n) is 4.57. The number of hydrogen-bond donors (Lipinski definition) is 2. The number of amides is 1. The van der Waals surface area contributed by atoms with E-state index in [1.807, 2.05) is 66.9 Å². The molecule has 0 saturated heterocycles. The first kappa shape index (κ1) is 16.8. The Morgan fingerprint density at radius 1 is 0.889 bits per heavy atom. The second kappa shape index (κ2) is 7.30. The van der Waals surface area contributed by atoms with Crippen LogP contribution in [0.4, 0.5) is 5.69 Å². The Balaban J connectivity index is 1.44. The minimum Gasteiger partial charge on any atom is -0.361 e. The van der Waals surface area contributed by atoms with Gasteiger partial charge in [0.25, 0.3) is 0 Å². The summed E-state index contributed by atoms with van der Waals surface area (Å²) in [6.45, 7) is 0. The van der Waals surface area contributed by atoms with E-state index in [0.29, 0.717) is 12.0 Å². The molecule has 1 aromatic heterocycles. The molecular weight excluding hydrogens is 336 g/mol. The number of benzene rings is 3. The number of aldehydes is 1. The lowest BCUT2D eigenvalue weighted by Gasteiger charge is -2.07. The maximum absolute atomic E-state index is 12.4. The number of nitrogens with one attached hydrogen (secondary N) is 2. The zero-order chi connectivity index (χ0) is 18.6. The Labute approximate surface area is 156 Å². The zero-order valence-electron chi connectivity index (χ0n) is 14.6. The van der Waals surface area contributed by atoms with Crippen LogP contribution in [0.2, 0.25) is 0 Å². The van der Waals surface area contributed by atoms with Crippen molar-refractivity contribution in [2.24, 2.45) is 0 Å². The molecule has 27 heavy (non-hydrogen) atoms. The van der Waals surface area contributed by atoms with Gasteiger partial charge in [-0.05, 0) is 34.9 Å². The zero-order valence-corrected chi connectivity index (χ0v) is 14.6. The van der Waals surface area contributed by atoms with Crippen molar-refractivity contribution in [1.82, 2.24) is 4.98 Å². The van der Waals surface area contributed by atoms with Crippen molar-refractivity contribution in [2.75, 3.05) is 5.32 Å². The molecule has 0 aliphatic heterocycles. The SMILES string of the molecule is O=Cc1ccc(-c2ccc(NC(=O)Cc3c[nH]c4ccccc34)cc2)cc1. The number of H-pyrrole nitrogens is 1. The van der Waals surface area contributed by atoms with Gasteiger partial charge in [-0.15, -0.1) is 0 Å². The summed E-state index contributed by atoms with van der Waals surface area (Å²) in [5, 5.41) is 4.01. The molecule has 4 rings (SSSR count). The van der Waals surface area contributed by atoms with Gasteiger partial charge in [-0.1, -0.05) is 54.6 Å². The van der Waals surface area contributed by atoms with Gasteiger partial charge in [0.1, 0.15) is 6.29 Å². The highest BCUT2D eigenvalue weighted by Crippen LogP contribution is 2.22. The number of carbonyl (C=O) groups excluding carboxylic acids is 2. The van der Waals surface area contributed by atoms with Gasteiger partial charge < -0.3 is 10.3 Å². The molecule has 2 N–H and O–H groups in total. The molecule has 0 aliphatic rings. The summed E-state index contributed by atoms with van der Waals surface area (Å²) in [5.41, 5.74) is 5.48. The van der Waals surface area contributed by atoms with E-state index >= 15 is 0 Å². The average Bonchev–Trinajstić information content (AvgIpc) is 3.11. The van der Waals surface area contributed by atoms with Crippen LogP contribution in [-0.4, -0.2) is 17.2 Å². The fourth-order valence-electron chi connectivity index (χ4n) is 3.16. The van der Waals surface area contributed by atoms with Crippen LogP contribution in [0.5, 0.6) is 0 Å². The van der Waals surface area contributed by atoms with Crippen molar-refractivity contribution in [3.8, 4) is 11.1 Å². The summed E-state index contributed by atoms with van der Waals surface area (Å²) in [5.74, 6) is -0.0529. The molecule has 1 amide bonds. The smallest absolute Gasteiger partial charge is 0.228 e. The fraction of sp³-hybridized carbons (Fsp3) is 0.0435. The van der Waals surface area contributed by atoms with E-state index in [2.05, 4.69) is 10.3 Å². The molecule has 1 heterocycles. The number of para-hydroxylation sites is 1. The third-order valence-corrected chi connectivity index (χ3v) is 4.57.